The molecule has 1 aromatic carbocycles. The number of nitrogens with zero attached hydrogens (tertiary/aromatic N) is 1. The number of anilines is 2. The predicted molar refractivity (Wildman–Crippen MR) is 105 cm³/mol. The Hall–Kier alpha value is -2.04. The zero-order valence-electron chi connectivity index (χ0n) is 16.9. The molecule has 2 N–H and O–H groups in total. The molecule has 5 nitrogen and oxygen atoms in total. The van der Waals surface area contributed by atoms with Crippen LogP contribution in [0.15, 0.2) is 18.2 Å². The highest BCUT2D eigenvalue weighted by atomic mass is 16.2. The van der Waals surface area contributed by atoms with Gasteiger partial charge in [0, 0.05) is 30.0 Å². The van der Waals surface area contributed by atoms with E-state index in [-0.39, 0.29) is 17.4 Å². The topological polar surface area (TPSA) is 61.4 Å². The third kappa shape index (κ3) is 5.48. The van der Waals surface area contributed by atoms with E-state index in [4.69, 9.17) is 0 Å². The van der Waals surface area contributed by atoms with Gasteiger partial charge in [0.05, 0.1) is 0 Å². The maximum atomic E-state index is 12.7. The van der Waals surface area contributed by atoms with Crippen LogP contribution >= 0.6 is 0 Å². The van der Waals surface area contributed by atoms with Crippen molar-refractivity contribution in [2.45, 2.75) is 60.9 Å². The molecule has 1 aromatic rings. The number of carbonyl (C=O) groups excluding carboxylic acids is 2. The summed E-state index contributed by atoms with van der Waals surface area (Å²) in [5, 5.41) is 5.77. The lowest BCUT2D eigenvalue weighted by Gasteiger charge is -2.29. The minimum atomic E-state index is -1.16. The summed E-state index contributed by atoms with van der Waals surface area (Å²) >= 11 is 0. The molecule has 1 rings (SSSR count). The first-order chi connectivity index (χ1) is 11.4. The van der Waals surface area contributed by atoms with Crippen molar-refractivity contribution in [2.24, 2.45) is 5.41 Å². The van der Waals surface area contributed by atoms with E-state index < -0.39 is 5.41 Å². The maximum Gasteiger partial charge on any atom is 0.239 e. The number of aryl methyl sites for hydroxylation is 1. The summed E-state index contributed by atoms with van der Waals surface area (Å²) in [5.41, 5.74) is 1.31. The maximum absolute atomic E-state index is 12.7. The van der Waals surface area contributed by atoms with Crippen LogP contribution in [0, 0.1) is 12.3 Å². The van der Waals surface area contributed by atoms with Gasteiger partial charge in [-0.3, -0.25) is 9.59 Å². The van der Waals surface area contributed by atoms with Crippen LogP contribution in [0.1, 0.15) is 54.0 Å². The normalized spacial score (nSPS) is 11.8. The van der Waals surface area contributed by atoms with Crippen molar-refractivity contribution < 1.29 is 9.59 Å². The molecule has 0 aromatic heterocycles. The molecule has 0 aliphatic rings. The van der Waals surface area contributed by atoms with E-state index in [1.165, 1.54) is 0 Å². The van der Waals surface area contributed by atoms with Gasteiger partial charge in [-0.15, -0.1) is 0 Å². The van der Waals surface area contributed by atoms with Gasteiger partial charge in [-0.1, -0.05) is 0 Å². The van der Waals surface area contributed by atoms with Crippen LogP contribution in [0.5, 0.6) is 0 Å². The van der Waals surface area contributed by atoms with E-state index >= 15 is 0 Å². The summed E-state index contributed by atoms with van der Waals surface area (Å²) in [7, 11) is 0. The number of carbonyl (C=O) groups is 2. The van der Waals surface area contributed by atoms with Crippen molar-refractivity contribution in [1.82, 2.24) is 5.32 Å². The Morgan fingerprint density at radius 2 is 1.56 bits per heavy atom. The molecule has 0 spiro atoms. The van der Waals surface area contributed by atoms with Crippen LogP contribution < -0.4 is 15.5 Å². The quantitative estimate of drug-likeness (QED) is 0.771. The van der Waals surface area contributed by atoms with Gasteiger partial charge < -0.3 is 15.5 Å². The number of hydrogen-bond acceptors (Lipinski definition) is 3. The number of rotatable bonds is 6. The summed E-state index contributed by atoms with van der Waals surface area (Å²) in [6.07, 6.45) is 0. The Morgan fingerprint density at radius 3 is 2.00 bits per heavy atom. The van der Waals surface area contributed by atoms with Crippen LogP contribution in [0.4, 0.5) is 11.4 Å². The fourth-order valence-electron chi connectivity index (χ4n) is 2.45. The highest BCUT2D eigenvalue weighted by molar-refractivity contribution is 6.10. The molecular weight excluding hydrogens is 314 g/mol. The van der Waals surface area contributed by atoms with Crippen molar-refractivity contribution in [3.63, 3.8) is 0 Å². The van der Waals surface area contributed by atoms with Crippen molar-refractivity contribution in [1.29, 1.82) is 0 Å². The summed E-state index contributed by atoms with van der Waals surface area (Å²) in [4.78, 5) is 27.4. The summed E-state index contributed by atoms with van der Waals surface area (Å²) in [5.74, 6) is -0.595. The molecule has 0 heterocycles. The molecule has 0 fully saturated rings. The minimum Gasteiger partial charge on any atom is -0.372 e. The highest BCUT2D eigenvalue weighted by Crippen LogP contribution is 2.25. The molecule has 5 heteroatoms. The molecule has 0 saturated heterocycles. The molecule has 0 bridgehead atoms. The molecule has 0 radical (unpaired) electrons. The lowest BCUT2D eigenvalue weighted by atomic mass is 9.89. The Balaban J connectivity index is 2.94. The largest absolute Gasteiger partial charge is 0.372 e. The molecule has 0 aliphatic heterocycles. The third-order valence-electron chi connectivity index (χ3n) is 4.21. The molecule has 0 aliphatic carbocycles. The fraction of sp³-hybridized carbons (Fsp3) is 0.600. The van der Waals surface area contributed by atoms with Gasteiger partial charge in [0.15, 0.2) is 0 Å². The second-order valence-corrected chi connectivity index (χ2v) is 7.95. The van der Waals surface area contributed by atoms with Crippen LogP contribution in [0.3, 0.4) is 0 Å². The zero-order chi connectivity index (χ0) is 19.4. The first-order valence-corrected chi connectivity index (χ1v) is 8.92. The molecule has 0 unspecified atom stereocenters. The Bertz CT molecular complexity index is 626. The molecule has 140 valence electrons. The van der Waals surface area contributed by atoms with Gasteiger partial charge in [-0.05, 0) is 79.2 Å². The standard InChI is InChI=1S/C20H33N3O2/c1-9-23(10-2)15-11-12-16(14(3)13-15)21-17(24)20(7,8)18(25)22-19(4,5)6/h11-13H,9-10H2,1-8H3,(H,21,24)(H,22,25). The second-order valence-electron chi connectivity index (χ2n) is 7.95. The van der Waals surface area contributed by atoms with Crippen LogP contribution in [-0.4, -0.2) is 30.4 Å². The van der Waals surface area contributed by atoms with Gasteiger partial charge in [0.25, 0.3) is 0 Å². The second kappa shape index (κ2) is 7.89. The van der Waals surface area contributed by atoms with E-state index in [9.17, 15) is 9.59 Å². The van der Waals surface area contributed by atoms with Crippen LogP contribution in [0.2, 0.25) is 0 Å². The van der Waals surface area contributed by atoms with Crippen molar-refractivity contribution >= 4 is 23.2 Å². The lowest BCUT2D eigenvalue weighted by molar-refractivity contribution is -0.139. The SMILES string of the molecule is CCN(CC)c1ccc(NC(=O)C(C)(C)C(=O)NC(C)(C)C)c(C)c1. The summed E-state index contributed by atoms with van der Waals surface area (Å²) < 4.78 is 0. The number of amides is 2. The zero-order valence-corrected chi connectivity index (χ0v) is 16.9. The predicted octanol–water partition coefficient (Wildman–Crippen LogP) is 3.72. The smallest absolute Gasteiger partial charge is 0.239 e. The Morgan fingerprint density at radius 1 is 1.00 bits per heavy atom. The van der Waals surface area contributed by atoms with Crippen LogP contribution in [0.25, 0.3) is 0 Å². The molecular formula is C20H33N3O2. The highest BCUT2D eigenvalue weighted by Gasteiger charge is 2.37. The van der Waals surface area contributed by atoms with E-state index in [1.807, 2.05) is 39.8 Å². The lowest BCUT2D eigenvalue weighted by Crippen LogP contribution is -2.51. The summed E-state index contributed by atoms with van der Waals surface area (Å²) in [6, 6.07) is 5.96. The van der Waals surface area contributed by atoms with Gasteiger partial charge in [0.2, 0.25) is 11.8 Å². The summed E-state index contributed by atoms with van der Waals surface area (Å²) in [6.45, 7) is 17.0. The molecule has 2 amide bonds. The van der Waals surface area contributed by atoms with Gasteiger partial charge >= 0.3 is 0 Å². The van der Waals surface area contributed by atoms with Crippen molar-refractivity contribution in [2.75, 3.05) is 23.3 Å². The monoisotopic (exact) mass is 347 g/mol. The number of benzene rings is 1. The average molecular weight is 348 g/mol. The van der Waals surface area contributed by atoms with E-state index in [0.29, 0.717) is 0 Å². The van der Waals surface area contributed by atoms with Gasteiger partial charge in [0.1, 0.15) is 5.41 Å². The first-order valence-electron chi connectivity index (χ1n) is 8.92. The van der Waals surface area contributed by atoms with E-state index in [0.717, 1.165) is 30.0 Å². The molecule has 0 saturated carbocycles. The van der Waals surface area contributed by atoms with Gasteiger partial charge in [-0.25, -0.2) is 0 Å². The fourth-order valence-corrected chi connectivity index (χ4v) is 2.45. The van der Waals surface area contributed by atoms with Crippen LogP contribution in [-0.2, 0) is 9.59 Å². The van der Waals surface area contributed by atoms with Crippen molar-refractivity contribution in [3.05, 3.63) is 23.8 Å². The molecule has 0 atom stereocenters. The minimum absolute atomic E-state index is 0.282. The van der Waals surface area contributed by atoms with Gasteiger partial charge in [-0.2, -0.15) is 0 Å². The van der Waals surface area contributed by atoms with Crippen molar-refractivity contribution in [3.8, 4) is 0 Å². The molecule has 25 heavy (non-hydrogen) atoms. The number of hydrogen-bond donors (Lipinski definition) is 2. The first kappa shape index (κ1) is 21.0. The van der Waals surface area contributed by atoms with E-state index in [1.54, 1.807) is 13.8 Å². The Kier molecular flexibility index (Phi) is 6.63. The number of nitrogens with one attached hydrogen (secondary N) is 2. The third-order valence-corrected chi connectivity index (χ3v) is 4.21. The van der Waals surface area contributed by atoms with E-state index in [2.05, 4.69) is 35.4 Å². The average Bonchev–Trinajstić information content (AvgIpc) is 2.49. The Labute approximate surface area is 152 Å².